The van der Waals surface area contributed by atoms with Crippen molar-refractivity contribution < 1.29 is 19.1 Å². The fraction of sp³-hybridized carbons (Fsp3) is 0.267. The molecule has 0 radical (unpaired) electrons. The number of amides is 3. The molecular weight excluding hydrogens is 304 g/mol. The number of carbonyl (C=O) groups excluding carboxylic acids is 3. The third kappa shape index (κ3) is 4.63. The molecule has 0 atom stereocenters. The van der Waals surface area contributed by atoms with Crippen LogP contribution in [-0.2, 0) is 9.53 Å². The van der Waals surface area contributed by atoms with Crippen molar-refractivity contribution in [3.63, 3.8) is 0 Å². The Morgan fingerprint density at radius 1 is 1.23 bits per heavy atom. The van der Waals surface area contributed by atoms with Crippen molar-refractivity contribution in [2.75, 3.05) is 5.32 Å². The van der Waals surface area contributed by atoms with Gasteiger partial charge in [0.1, 0.15) is 5.60 Å². The molecule has 1 aliphatic rings. The number of anilines is 1. The van der Waals surface area contributed by atoms with E-state index in [-0.39, 0.29) is 5.24 Å². The van der Waals surface area contributed by atoms with Gasteiger partial charge in [-0.05, 0) is 56.3 Å². The van der Waals surface area contributed by atoms with E-state index in [1.807, 2.05) is 0 Å². The Labute approximate surface area is 132 Å². The predicted octanol–water partition coefficient (Wildman–Crippen LogP) is 3.36. The fourth-order valence-corrected chi connectivity index (χ4v) is 2.34. The molecule has 3 amide bonds. The van der Waals surface area contributed by atoms with E-state index in [2.05, 4.69) is 10.6 Å². The van der Waals surface area contributed by atoms with Gasteiger partial charge in [0, 0.05) is 5.69 Å². The molecule has 0 aliphatic carbocycles. The molecule has 1 heterocycles. The lowest BCUT2D eigenvalue weighted by Crippen LogP contribution is -2.27. The number of ether oxygens (including phenoxy) is 1. The van der Waals surface area contributed by atoms with Crippen molar-refractivity contribution >= 4 is 40.8 Å². The Balaban J connectivity index is 2.02. The Kier molecular flexibility index (Phi) is 4.56. The van der Waals surface area contributed by atoms with Crippen LogP contribution in [0.4, 0.5) is 15.3 Å². The molecule has 7 heteroatoms. The van der Waals surface area contributed by atoms with E-state index in [0.29, 0.717) is 10.6 Å². The zero-order valence-corrected chi connectivity index (χ0v) is 13.2. The molecule has 2 rings (SSSR count). The maximum Gasteiger partial charge on any atom is 0.412 e. The molecular formula is C15H16N2O4S. The van der Waals surface area contributed by atoms with Gasteiger partial charge < -0.3 is 4.74 Å². The zero-order valence-electron chi connectivity index (χ0n) is 12.4. The van der Waals surface area contributed by atoms with Gasteiger partial charge in [-0.3, -0.25) is 20.2 Å². The van der Waals surface area contributed by atoms with Gasteiger partial charge in [0.25, 0.3) is 11.1 Å². The lowest BCUT2D eigenvalue weighted by molar-refractivity contribution is -0.115. The Bertz CT molecular complexity index is 645. The fourth-order valence-electron chi connectivity index (χ4n) is 1.66. The number of thioether (sulfide) groups is 1. The van der Waals surface area contributed by atoms with Crippen LogP contribution in [0, 0.1) is 0 Å². The first-order valence-electron chi connectivity index (χ1n) is 6.58. The third-order valence-corrected chi connectivity index (χ3v) is 3.31. The monoisotopic (exact) mass is 320 g/mol. The lowest BCUT2D eigenvalue weighted by atomic mass is 10.2. The number of hydrogen-bond acceptors (Lipinski definition) is 5. The summed E-state index contributed by atoms with van der Waals surface area (Å²) in [5, 5.41) is 4.43. The summed E-state index contributed by atoms with van der Waals surface area (Å²) < 4.78 is 5.15. The molecule has 1 aliphatic heterocycles. The predicted molar refractivity (Wildman–Crippen MR) is 85.4 cm³/mol. The van der Waals surface area contributed by atoms with Crippen LogP contribution >= 0.6 is 11.8 Å². The number of rotatable bonds is 2. The summed E-state index contributed by atoms with van der Waals surface area (Å²) in [6.45, 7) is 5.36. The molecule has 0 aromatic heterocycles. The third-order valence-electron chi connectivity index (χ3n) is 2.50. The quantitative estimate of drug-likeness (QED) is 0.816. The van der Waals surface area contributed by atoms with Gasteiger partial charge in [-0.15, -0.1) is 0 Å². The molecule has 1 fully saturated rings. The number of imide groups is 1. The molecule has 116 valence electrons. The van der Waals surface area contributed by atoms with Gasteiger partial charge in [0.2, 0.25) is 0 Å². The van der Waals surface area contributed by atoms with Crippen LogP contribution in [0.25, 0.3) is 6.08 Å². The van der Waals surface area contributed by atoms with Gasteiger partial charge in [-0.25, -0.2) is 4.79 Å². The SMILES string of the molecule is CC(C)(C)OC(=O)Nc1ccc(/C=C2\SC(=O)NC2=O)cc1. The van der Waals surface area contributed by atoms with E-state index in [0.717, 1.165) is 17.3 Å². The maximum atomic E-state index is 11.6. The van der Waals surface area contributed by atoms with Gasteiger partial charge in [-0.2, -0.15) is 0 Å². The van der Waals surface area contributed by atoms with Crippen LogP contribution < -0.4 is 10.6 Å². The van der Waals surface area contributed by atoms with Crippen LogP contribution in [-0.4, -0.2) is 22.8 Å². The highest BCUT2D eigenvalue weighted by Gasteiger charge is 2.24. The Morgan fingerprint density at radius 2 is 1.86 bits per heavy atom. The second-order valence-corrected chi connectivity index (χ2v) is 6.62. The highest BCUT2D eigenvalue weighted by molar-refractivity contribution is 8.18. The van der Waals surface area contributed by atoms with Crippen molar-refractivity contribution in [1.82, 2.24) is 5.32 Å². The number of hydrogen-bond donors (Lipinski definition) is 2. The van der Waals surface area contributed by atoms with E-state index in [1.165, 1.54) is 0 Å². The minimum absolute atomic E-state index is 0.345. The smallest absolute Gasteiger partial charge is 0.412 e. The Hall–Kier alpha value is -2.28. The summed E-state index contributed by atoms with van der Waals surface area (Å²) in [5.41, 5.74) is 0.770. The van der Waals surface area contributed by atoms with Crippen LogP contribution in [0.3, 0.4) is 0 Å². The maximum absolute atomic E-state index is 11.6. The first-order valence-corrected chi connectivity index (χ1v) is 7.39. The molecule has 1 saturated heterocycles. The van der Waals surface area contributed by atoms with Crippen molar-refractivity contribution in [3.05, 3.63) is 34.7 Å². The van der Waals surface area contributed by atoms with Gasteiger partial charge in [-0.1, -0.05) is 12.1 Å². The number of carbonyl (C=O) groups is 3. The van der Waals surface area contributed by atoms with Crippen LogP contribution in [0.15, 0.2) is 29.2 Å². The van der Waals surface area contributed by atoms with E-state index in [4.69, 9.17) is 4.74 Å². The summed E-state index contributed by atoms with van der Waals surface area (Å²) in [6, 6.07) is 6.85. The summed E-state index contributed by atoms with van der Waals surface area (Å²) in [6.07, 6.45) is 1.08. The summed E-state index contributed by atoms with van der Waals surface area (Å²) in [5.74, 6) is -0.397. The molecule has 1 aromatic carbocycles. The molecule has 0 saturated carbocycles. The van der Waals surface area contributed by atoms with Gasteiger partial charge >= 0.3 is 6.09 Å². The topological polar surface area (TPSA) is 84.5 Å². The summed E-state index contributed by atoms with van der Waals surface area (Å²) in [7, 11) is 0. The van der Waals surface area contributed by atoms with E-state index >= 15 is 0 Å². The number of nitrogens with one attached hydrogen (secondary N) is 2. The van der Waals surface area contributed by atoms with Crippen LogP contribution in [0.5, 0.6) is 0 Å². The lowest BCUT2D eigenvalue weighted by Gasteiger charge is -2.19. The molecule has 2 N–H and O–H groups in total. The van der Waals surface area contributed by atoms with Gasteiger partial charge in [0.15, 0.2) is 0 Å². The Morgan fingerprint density at radius 3 is 2.36 bits per heavy atom. The minimum Gasteiger partial charge on any atom is -0.444 e. The molecule has 0 unspecified atom stereocenters. The minimum atomic E-state index is -0.561. The summed E-state index contributed by atoms with van der Waals surface area (Å²) >= 11 is 0.861. The molecule has 22 heavy (non-hydrogen) atoms. The summed E-state index contributed by atoms with van der Waals surface area (Å²) in [4.78, 5) is 34.5. The largest absolute Gasteiger partial charge is 0.444 e. The van der Waals surface area contributed by atoms with Crippen molar-refractivity contribution in [3.8, 4) is 0 Å². The van der Waals surface area contributed by atoms with Gasteiger partial charge in [0.05, 0.1) is 4.91 Å². The molecule has 0 spiro atoms. The van der Waals surface area contributed by atoms with Crippen LogP contribution in [0.2, 0.25) is 0 Å². The average molecular weight is 320 g/mol. The highest BCUT2D eigenvalue weighted by atomic mass is 32.2. The standard InChI is InChI=1S/C15H16N2O4S/c1-15(2,3)21-13(19)16-10-6-4-9(5-7-10)8-11-12(18)17-14(20)22-11/h4-8H,1-3H3,(H,16,19)(H,17,18,20)/b11-8-. The van der Waals surface area contributed by atoms with Crippen molar-refractivity contribution in [2.45, 2.75) is 26.4 Å². The van der Waals surface area contributed by atoms with E-state index in [1.54, 1.807) is 51.1 Å². The first kappa shape index (κ1) is 16.1. The second kappa shape index (κ2) is 6.23. The molecule has 6 nitrogen and oxygen atoms in total. The van der Waals surface area contributed by atoms with Crippen molar-refractivity contribution in [2.24, 2.45) is 0 Å². The van der Waals surface area contributed by atoms with E-state index < -0.39 is 17.6 Å². The average Bonchev–Trinajstić information content (AvgIpc) is 2.68. The second-order valence-electron chi connectivity index (χ2n) is 5.60. The molecule has 0 bridgehead atoms. The zero-order chi connectivity index (χ0) is 16.3. The first-order chi connectivity index (χ1) is 10.2. The normalized spacial score (nSPS) is 16.6. The highest BCUT2D eigenvalue weighted by Crippen LogP contribution is 2.25. The van der Waals surface area contributed by atoms with Crippen LogP contribution in [0.1, 0.15) is 26.3 Å². The number of benzene rings is 1. The van der Waals surface area contributed by atoms with E-state index in [9.17, 15) is 14.4 Å². The molecule has 1 aromatic rings. The van der Waals surface area contributed by atoms with Crippen molar-refractivity contribution in [1.29, 1.82) is 0 Å².